The van der Waals surface area contributed by atoms with E-state index in [0.29, 0.717) is 24.8 Å². The minimum absolute atomic E-state index is 0.229. The van der Waals surface area contributed by atoms with Crippen LogP contribution in [0.4, 0.5) is 0 Å². The largest absolute Gasteiger partial charge is 0.347 e. The molecule has 0 bridgehead atoms. The lowest BCUT2D eigenvalue weighted by atomic mass is 9.74. The molecule has 0 aromatic heterocycles. The van der Waals surface area contributed by atoms with Crippen LogP contribution >= 0.6 is 0 Å². The Labute approximate surface area is 158 Å². The number of ether oxygens (including phenoxy) is 1. The number of nitrogens with zero attached hydrogens (tertiary/aromatic N) is 1. The maximum atomic E-state index is 13.6. The van der Waals surface area contributed by atoms with Crippen LogP contribution in [-0.4, -0.2) is 28.7 Å². The van der Waals surface area contributed by atoms with Crippen molar-refractivity contribution in [3.05, 3.63) is 48.6 Å². The maximum absolute atomic E-state index is 13.6. The van der Waals surface area contributed by atoms with Crippen molar-refractivity contribution in [2.75, 3.05) is 6.54 Å². The molecule has 1 aromatic rings. The fourth-order valence-electron chi connectivity index (χ4n) is 5.22. The summed E-state index contributed by atoms with van der Waals surface area (Å²) >= 11 is 0. The first-order valence-corrected chi connectivity index (χ1v) is 9.86. The van der Waals surface area contributed by atoms with E-state index in [1.54, 1.807) is 0 Å². The molecule has 2 fully saturated rings. The molecule has 0 N–H and O–H groups in total. The molecule has 142 valence electrons. The highest BCUT2D eigenvalue weighted by Crippen LogP contribution is 2.55. The standard InChI is InChI=1S/C23H33NO2/c1-7-13-22(14-19-11-9-8-10-12-19)15-21(6)24(20(22)25)16-23(26-21,17(2)3)18(4)5/h7-12,17-18H,1,13-16H2,2-6H3/t21-,22+/m1/s1. The minimum atomic E-state index is -0.524. The van der Waals surface area contributed by atoms with Crippen molar-refractivity contribution in [2.24, 2.45) is 17.3 Å². The molecule has 1 amide bonds. The van der Waals surface area contributed by atoms with Gasteiger partial charge in [0.25, 0.3) is 0 Å². The fourth-order valence-corrected chi connectivity index (χ4v) is 5.22. The summed E-state index contributed by atoms with van der Waals surface area (Å²) in [4.78, 5) is 15.7. The van der Waals surface area contributed by atoms with E-state index in [1.165, 1.54) is 5.56 Å². The molecule has 2 saturated heterocycles. The van der Waals surface area contributed by atoms with E-state index >= 15 is 0 Å². The number of allylic oxidation sites excluding steroid dienone is 1. The monoisotopic (exact) mass is 355 g/mol. The molecule has 1 aromatic carbocycles. The highest BCUT2D eigenvalue weighted by Gasteiger charge is 2.65. The highest BCUT2D eigenvalue weighted by atomic mass is 16.6. The quantitative estimate of drug-likeness (QED) is 0.685. The van der Waals surface area contributed by atoms with Crippen molar-refractivity contribution in [2.45, 2.75) is 65.2 Å². The molecule has 2 aliphatic heterocycles. The molecule has 3 rings (SSSR count). The molecule has 3 heteroatoms. The highest BCUT2D eigenvalue weighted by molar-refractivity contribution is 5.87. The summed E-state index contributed by atoms with van der Waals surface area (Å²) in [6.45, 7) is 15.5. The van der Waals surface area contributed by atoms with E-state index in [0.717, 1.165) is 12.8 Å². The van der Waals surface area contributed by atoms with E-state index in [4.69, 9.17) is 4.74 Å². The molecule has 3 nitrogen and oxygen atoms in total. The molecule has 0 radical (unpaired) electrons. The summed E-state index contributed by atoms with van der Waals surface area (Å²) in [5.74, 6) is 0.952. The zero-order chi connectivity index (χ0) is 19.2. The third kappa shape index (κ3) is 2.81. The molecular formula is C23H33NO2. The lowest BCUT2D eigenvalue weighted by Crippen LogP contribution is -2.47. The van der Waals surface area contributed by atoms with Crippen LogP contribution < -0.4 is 0 Å². The molecular weight excluding hydrogens is 322 g/mol. The first-order chi connectivity index (χ1) is 12.2. The van der Waals surface area contributed by atoms with Crippen LogP contribution in [0.3, 0.4) is 0 Å². The fraction of sp³-hybridized carbons (Fsp3) is 0.609. The summed E-state index contributed by atoms with van der Waals surface area (Å²) < 4.78 is 6.76. The van der Waals surface area contributed by atoms with Gasteiger partial charge in [-0.1, -0.05) is 64.1 Å². The van der Waals surface area contributed by atoms with Gasteiger partial charge < -0.3 is 9.64 Å². The lowest BCUT2D eigenvalue weighted by Gasteiger charge is -2.39. The smallest absolute Gasteiger partial charge is 0.231 e. The second-order valence-corrected chi connectivity index (χ2v) is 9.05. The van der Waals surface area contributed by atoms with Crippen LogP contribution in [0, 0.1) is 17.3 Å². The van der Waals surface area contributed by atoms with Gasteiger partial charge in [0.2, 0.25) is 5.91 Å². The van der Waals surface area contributed by atoms with E-state index < -0.39 is 11.1 Å². The number of benzene rings is 1. The predicted molar refractivity (Wildman–Crippen MR) is 106 cm³/mol. The average Bonchev–Trinajstić information content (AvgIpc) is 2.98. The van der Waals surface area contributed by atoms with Gasteiger partial charge in [0.15, 0.2) is 0 Å². The van der Waals surface area contributed by atoms with Crippen LogP contribution in [0.1, 0.15) is 53.0 Å². The van der Waals surface area contributed by atoms with Gasteiger partial charge in [-0.05, 0) is 37.2 Å². The molecule has 2 atom stereocenters. The molecule has 2 heterocycles. The first-order valence-electron chi connectivity index (χ1n) is 9.86. The Morgan fingerprint density at radius 2 is 1.81 bits per heavy atom. The van der Waals surface area contributed by atoms with Gasteiger partial charge >= 0.3 is 0 Å². The van der Waals surface area contributed by atoms with Crippen molar-refractivity contribution in [3.8, 4) is 0 Å². The Balaban J connectivity index is 1.95. The van der Waals surface area contributed by atoms with Crippen LogP contribution in [0.25, 0.3) is 0 Å². The number of carbonyl (C=O) groups is 1. The number of fused-ring (bicyclic) bond motifs is 1. The van der Waals surface area contributed by atoms with Gasteiger partial charge in [-0.3, -0.25) is 4.79 Å². The number of rotatable bonds is 6. The maximum Gasteiger partial charge on any atom is 0.231 e. The molecule has 26 heavy (non-hydrogen) atoms. The topological polar surface area (TPSA) is 29.5 Å². The lowest BCUT2D eigenvalue weighted by molar-refractivity contribution is -0.158. The first kappa shape index (κ1) is 19.2. The van der Waals surface area contributed by atoms with Crippen molar-refractivity contribution in [1.82, 2.24) is 4.90 Å². The Kier molecular flexibility index (Phi) is 4.81. The van der Waals surface area contributed by atoms with Gasteiger partial charge in [-0.2, -0.15) is 0 Å². The molecule has 2 aliphatic rings. The van der Waals surface area contributed by atoms with E-state index in [1.807, 2.05) is 29.2 Å². The van der Waals surface area contributed by atoms with Crippen LogP contribution in [-0.2, 0) is 16.0 Å². The van der Waals surface area contributed by atoms with Gasteiger partial charge in [-0.15, -0.1) is 6.58 Å². The van der Waals surface area contributed by atoms with Crippen molar-refractivity contribution in [3.63, 3.8) is 0 Å². The SMILES string of the molecule is C=CC[C@]1(Cc2ccccc2)C[C@@]2(C)OC(C(C)C)(C(C)C)CN2C1=O. The van der Waals surface area contributed by atoms with E-state index in [2.05, 4.69) is 53.3 Å². The molecule has 0 spiro atoms. The Morgan fingerprint density at radius 1 is 1.19 bits per heavy atom. The summed E-state index contributed by atoms with van der Waals surface area (Å²) in [7, 11) is 0. The van der Waals surface area contributed by atoms with Gasteiger partial charge in [0.1, 0.15) is 5.72 Å². The average molecular weight is 356 g/mol. The van der Waals surface area contributed by atoms with Crippen molar-refractivity contribution >= 4 is 5.91 Å². The van der Waals surface area contributed by atoms with Crippen LogP contribution in [0.5, 0.6) is 0 Å². The third-order valence-electron chi connectivity index (χ3n) is 6.63. The summed E-state index contributed by atoms with van der Waals surface area (Å²) in [6.07, 6.45) is 4.04. The number of hydrogen-bond donors (Lipinski definition) is 0. The molecule has 0 unspecified atom stereocenters. The number of hydrogen-bond acceptors (Lipinski definition) is 2. The third-order valence-corrected chi connectivity index (χ3v) is 6.63. The number of amides is 1. The Bertz CT molecular complexity index is 673. The van der Waals surface area contributed by atoms with Gasteiger partial charge in [0, 0.05) is 6.42 Å². The second-order valence-electron chi connectivity index (χ2n) is 9.05. The summed E-state index contributed by atoms with van der Waals surface area (Å²) in [5.41, 5.74) is -0.0368. The molecule has 0 aliphatic carbocycles. The Hall–Kier alpha value is -1.61. The summed E-state index contributed by atoms with van der Waals surface area (Å²) in [5, 5.41) is 0. The zero-order valence-electron chi connectivity index (χ0n) is 16.9. The van der Waals surface area contributed by atoms with E-state index in [9.17, 15) is 4.79 Å². The number of carbonyl (C=O) groups excluding carboxylic acids is 1. The second kappa shape index (κ2) is 6.53. The summed E-state index contributed by atoms with van der Waals surface area (Å²) in [6, 6.07) is 10.3. The van der Waals surface area contributed by atoms with Crippen LogP contribution in [0.2, 0.25) is 0 Å². The Morgan fingerprint density at radius 3 is 2.31 bits per heavy atom. The minimum Gasteiger partial charge on any atom is -0.347 e. The zero-order valence-corrected chi connectivity index (χ0v) is 16.9. The van der Waals surface area contributed by atoms with E-state index in [-0.39, 0.29) is 11.5 Å². The predicted octanol–water partition coefficient (Wildman–Crippen LogP) is 4.82. The normalized spacial score (nSPS) is 30.3. The van der Waals surface area contributed by atoms with Crippen molar-refractivity contribution < 1.29 is 9.53 Å². The van der Waals surface area contributed by atoms with Crippen molar-refractivity contribution in [1.29, 1.82) is 0 Å². The molecule has 0 saturated carbocycles. The van der Waals surface area contributed by atoms with Gasteiger partial charge in [0.05, 0.1) is 17.6 Å². The van der Waals surface area contributed by atoms with Gasteiger partial charge in [-0.25, -0.2) is 0 Å². The van der Waals surface area contributed by atoms with Crippen LogP contribution in [0.15, 0.2) is 43.0 Å².